The first-order valence-corrected chi connectivity index (χ1v) is 1.19. The molecule has 40 valence electrons. The number of carboxylic acid groups (broad SMARTS) is 1. The zero-order valence-corrected chi connectivity index (χ0v) is 6.82. The quantitative estimate of drug-likeness (QED) is 0.600. The third-order valence-corrected chi connectivity index (χ3v) is 0.175. The Hall–Kier alpha value is 0.603. The van der Waals surface area contributed by atoms with Crippen LogP contribution >= 0.6 is 12.4 Å². The first-order valence-electron chi connectivity index (χ1n) is 1.19. The maximum absolute atomic E-state index is 9.24. The number of halogens is 1. The molecule has 0 saturated heterocycles. The van der Waals surface area contributed by atoms with Gasteiger partial charge in [0.05, 0.1) is 6.54 Å². The zero-order valence-electron chi connectivity index (χ0n) is 3.55. The van der Waals surface area contributed by atoms with Crippen molar-refractivity contribution in [3.63, 3.8) is 0 Å². The van der Waals surface area contributed by atoms with Crippen molar-refractivity contribution >= 4 is 18.4 Å². The average molecular weight is 203 g/mol. The van der Waals surface area contributed by atoms with Gasteiger partial charge in [-0.05, 0) is 0 Å². The van der Waals surface area contributed by atoms with Crippen molar-refractivity contribution in [1.82, 2.24) is 0 Å². The zero-order chi connectivity index (χ0) is 4.28. The van der Waals surface area contributed by atoms with Crippen LogP contribution in [0, 0.1) is 0 Å². The van der Waals surface area contributed by atoms with E-state index in [1.807, 2.05) is 0 Å². The molecule has 0 aliphatic rings. The van der Waals surface area contributed by atoms with E-state index in [0.29, 0.717) is 0 Å². The van der Waals surface area contributed by atoms with Crippen LogP contribution in [-0.4, -0.2) is 17.6 Å². The summed E-state index contributed by atoms with van der Waals surface area (Å²) in [5.41, 5.74) is 4.57. The van der Waals surface area contributed by atoms with Gasteiger partial charge in [-0.3, -0.25) is 4.79 Å². The van der Waals surface area contributed by atoms with Gasteiger partial charge < -0.3 is 10.8 Å². The van der Waals surface area contributed by atoms with Crippen molar-refractivity contribution in [3.8, 4) is 0 Å². The fourth-order valence-corrected chi connectivity index (χ4v) is 0. The molecule has 3 N–H and O–H groups in total. The van der Waals surface area contributed by atoms with Gasteiger partial charge >= 0.3 is 32.2 Å². The minimum Gasteiger partial charge on any atom is -0.480 e. The number of nitrogens with two attached hydrogens (primary N) is 1. The van der Waals surface area contributed by atoms with Crippen molar-refractivity contribution < 1.29 is 36.1 Å². The molecule has 3 nitrogen and oxygen atoms in total. The van der Waals surface area contributed by atoms with E-state index in [1.54, 1.807) is 0 Å². The maximum Gasteiger partial charge on any atom is 2.00 e. The summed E-state index contributed by atoms with van der Waals surface area (Å²) in [4.78, 5) is 9.24. The van der Waals surface area contributed by atoms with Crippen molar-refractivity contribution in [2.75, 3.05) is 6.54 Å². The van der Waals surface area contributed by atoms with Crippen LogP contribution in [0.25, 0.3) is 0 Å². The van der Waals surface area contributed by atoms with Gasteiger partial charge in [-0.1, -0.05) is 0 Å². The predicted octanol–water partition coefficient (Wildman–Crippen LogP) is -0.551. The molecule has 0 radical (unpaired) electrons. The van der Waals surface area contributed by atoms with Crippen LogP contribution in [-0.2, 0) is 31.0 Å². The van der Waals surface area contributed by atoms with Gasteiger partial charge in [0.2, 0.25) is 0 Å². The van der Waals surface area contributed by atoms with E-state index in [-0.39, 0.29) is 45.2 Å². The van der Waals surface area contributed by atoms with Gasteiger partial charge in [-0.15, -0.1) is 12.4 Å². The van der Waals surface area contributed by atoms with Crippen molar-refractivity contribution in [2.45, 2.75) is 0 Å². The summed E-state index contributed by atoms with van der Waals surface area (Å²) < 4.78 is 0. The number of rotatable bonds is 1. The molecule has 7 heavy (non-hydrogen) atoms. The molecule has 0 aromatic rings. The first kappa shape index (κ1) is 15.6. The second-order valence-corrected chi connectivity index (χ2v) is 0.598. The number of carbonyl (C=O) groups is 1. The molecule has 5 heteroatoms. The van der Waals surface area contributed by atoms with E-state index in [2.05, 4.69) is 5.73 Å². The van der Waals surface area contributed by atoms with Crippen LogP contribution < -0.4 is 5.73 Å². The van der Waals surface area contributed by atoms with Gasteiger partial charge in [0.25, 0.3) is 0 Å². The summed E-state index contributed by atoms with van der Waals surface area (Å²) in [6, 6.07) is 0. The minimum absolute atomic E-state index is 0. The van der Waals surface area contributed by atoms with Crippen LogP contribution in [0.2, 0.25) is 0 Å². The molecule has 0 saturated carbocycles. The number of hydrogen-bond acceptors (Lipinski definition) is 2. The van der Waals surface area contributed by atoms with E-state index < -0.39 is 5.97 Å². The van der Waals surface area contributed by atoms with Crippen LogP contribution in [0.5, 0.6) is 0 Å². The van der Waals surface area contributed by atoms with Gasteiger partial charge in [0.15, 0.2) is 0 Å². The third-order valence-electron chi connectivity index (χ3n) is 0.175. The maximum atomic E-state index is 9.24. The van der Waals surface area contributed by atoms with Crippen molar-refractivity contribution in [3.05, 3.63) is 0 Å². The smallest absolute Gasteiger partial charge is 0.480 e. The van der Waals surface area contributed by atoms with E-state index in [4.69, 9.17) is 5.11 Å². The van der Waals surface area contributed by atoms with Crippen LogP contribution in [0.3, 0.4) is 0 Å². The van der Waals surface area contributed by atoms with E-state index in [9.17, 15) is 4.79 Å². The standard InChI is InChI=1S/C2H5NO2.ClH.Zr/c3-1-2(4)5;;/h1,3H2,(H,4,5);1H;/q;;+2. The third kappa shape index (κ3) is 20.6. The largest absolute Gasteiger partial charge is 2.00 e. The predicted molar refractivity (Wildman–Crippen MR) is 23.9 cm³/mol. The SMILES string of the molecule is Cl.NCC(=O)O.[Zr+2]. The molecule has 0 spiro atoms. The van der Waals surface area contributed by atoms with Crippen molar-refractivity contribution in [2.24, 2.45) is 5.73 Å². The molecule has 0 rings (SSSR count). The van der Waals surface area contributed by atoms with Crippen LogP contribution in [0.1, 0.15) is 0 Å². The number of carboxylic acids is 1. The van der Waals surface area contributed by atoms with Crippen LogP contribution in [0.4, 0.5) is 0 Å². The van der Waals surface area contributed by atoms with E-state index in [1.165, 1.54) is 0 Å². The Kier molecular flexibility index (Phi) is 21.9. The Bertz CT molecular complexity index is 51.0. The molecule has 0 fully saturated rings. The summed E-state index contributed by atoms with van der Waals surface area (Å²) in [7, 11) is 0. The number of aliphatic carboxylic acids is 1. The fourth-order valence-electron chi connectivity index (χ4n) is 0. The Balaban J connectivity index is -0.0000000800. The molecule has 0 aromatic carbocycles. The molecule has 0 aliphatic carbocycles. The van der Waals surface area contributed by atoms with Gasteiger partial charge in [0, 0.05) is 0 Å². The average Bonchev–Trinajstić information content (AvgIpc) is 1.38. The molecule has 0 amide bonds. The van der Waals surface area contributed by atoms with E-state index in [0.717, 1.165) is 0 Å². The van der Waals surface area contributed by atoms with Crippen LogP contribution in [0.15, 0.2) is 0 Å². The Morgan fingerprint density at radius 2 is 1.86 bits per heavy atom. The van der Waals surface area contributed by atoms with E-state index >= 15 is 0 Å². The Labute approximate surface area is 66.8 Å². The minimum atomic E-state index is -0.968. The topological polar surface area (TPSA) is 63.3 Å². The fraction of sp³-hybridized carbons (Fsp3) is 0.500. The molecule has 0 bridgehead atoms. The second kappa shape index (κ2) is 9.78. The number of hydrogen-bond donors (Lipinski definition) is 2. The molecule has 0 unspecified atom stereocenters. The summed E-state index contributed by atoms with van der Waals surface area (Å²) >= 11 is 0. The summed E-state index contributed by atoms with van der Waals surface area (Å²) in [5.74, 6) is -0.968. The molecule has 0 heterocycles. The monoisotopic (exact) mass is 201 g/mol. The Morgan fingerprint density at radius 3 is 1.86 bits per heavy atom. The summed E-state index contributed by atoms with van der Waals surface area (Å²) in [6.45, 7) is -0.278. The van der Waals surface area contributed by atoms with Gasteiger partial charge in [-0.25, -0.2) is 0 Å². The van der Waals surface area contributed by atoms with Gasteiger partial charge in [-0.2, -0.15) is 0 Å². The second-order valence-electron chi connectivity index (χ2n) is 0.598. The van der Waals surface area contributed by atoms with Crippen molar-refractivity contribution in [1.29, 1.82) is 0 Å². The normalized spacial score (nSPS) is 5.29. The van der Waals surface area contributed by atoms with Gasteiger partial charge in [0.1, 0.15) is 0 Å². The molecule has 0 aliphatic heterocycles. The molecular formula is C2H6ClNO2Zr+2. The summed E-state index contributed by atoms with van der Waals surface area (Å²) in [6.07, 6.45) is 0. The summed E-state index contributed by atoms with van der Waals surface area (Å²) in [5, 5.41) is 7.60. The molecular weight excluding hydrogens is 197 g/mol. The first-order chi connectivity index (χ1) is 2.27. The Morgan fingerprint density at radius 1 is 1.71 bits per heavy atom. The molecule has 0 aromatic heterocycles. The molecule has 0 atom stereocenters.